The number of allylic oxidation sites excluding steroid dienone is 2. The zero-order valence-electron chi connectivity index (χ0n) is 19.7. The molecule has 1 aromatic carbocycles. The van der Waals surface area contributed by atoms with Crippen molar-refractivity contribution in [3.05, 3.63) is 48.0 Å². The molecule has 0 N–H and O–H groups in total. The van der Waals surface area contributed by atoms with Crippen LogP contribution < -0.4 is 0 Å². The number of hydrogen-bond donors (Lipinski definition) is 0. The van der Waals surface area contributed by atoms with Crippen LogP contribution in [0.15, 0.2) is 42.5 Å². The van der Waals surface area contributed by atoms with Crippen LogP contribution in [0.5, 0.6) is 0 Å². The Morgan fingerprint density at radius 3 is 2.38 bits per heavy atom. The van der Waals surface area contributed by atoms with Crippen molar-refractivity contribution in [3.63, 3.8) is 0 Å². The third-order valence-electron chi connectivity index (χ3n) is 6.88. The Kier molecular flexibility index (Phi) is 9.79. The van der Waals surface area contributed by atoms with E-state index in [1.807, 2.05) is 30.3 Å². The predicted molar refractivity (Wildman–Crippen MR) is 126 cm³/mol. The van der Waals surface area contributed by atoms with Crippen LogP contribution in [-0.4, -0.2) is 48.7 Å². The van der Waals surface area contributed by atoms with Gasteiger partial charge in [0.25, 0.3) is 0 Å². The fourth-order valence-corrected chi connectivity index (χ4v) is 4.86. The number of esters is 2. The van der Waals surface area contributed by atoms with Crippen LogP contribution >= 0.6 is 0 Å². The molecular weight excluding hydrogens is 402 g/mol. The summed E-state index contributed by atoms with van der Waals surface area (Å²) in [6.07, 6.45) is 13.9. The molecule has 2 aliphatic heterocycles. The minimum atomic E-state index is -0.577. The summed E-state index contributed by atoms with van der Waals surface area (Å²) >= 11 is 0. The zero-order chi connectivity index (χ0) is 22.8. The van der Waals surface area contributed by atoms with E-state index >= 15 is 0 Å². The van der Waals surface area contributed by atoms with E-state index in [-0.39, 0.29) is 24.6 Å². The van der Waals surface area contributed by atoms with Gasteiger partial charge < -0.3 is 14.4 Å². The lowest BCUT2D eigenvalue weighted by molar-refractivity contribution is -0.157. The van der Waals surface area contributed by atoms with Crippen molar-refractivity contribution in [1.82, 2.24) is 4.90 Å². The molecule has 0 aromatic heterocycles. The number of rotatable bonds is 12. The molecule has 2 fully saturated rings. The van der Waals surface area contributed by atoms with Crippen LogP contribution in [0.2, 0.25) is 0 Å². The van der Waals surface area contributed by atoms with E-state index < -0.39 is 5.92 Å². The fraction of sp³-hybridized carbons (Fsp3) is 0.630. The summed E-state index contributed by atoms with van der Waals surface area (Å²) in [5.41, 5.74) is 0.833. The lowest BCUT2D eigenvalue weighted by atomic mass is 9.98. The van der Waals surface area contributed by atoms with Crippen molar-refractivity contribution >= 4 is 11.9 Å². The van der Waals surface area contributed by atoms with Crippen LogP contribution in [0.25, 0.3) is 0 Å². The standard InChI is InChI=1S/C27H39NO4/c1-3-4-5-6-7-8-12-15-26(29)31-20-25(21-13-10-9-11-14-21)27(30)32-24-18-22-16-17-23(19-24)28(22)2/h6-7,9-11,13-14,22-25H,3-5,8,12,15-20H2,1-2H3/b7-6-/t22-,23+,24+,25?. The molecule has 0 saturated carbocycles. The van der Waals surface area contributed by atoms with Gasteiger partial charge in [0.2, 0.25) is 0 Å². The average molecular weight is 442 g/mol. The maximum atomic E-state index is 13.1. The van der Waals surface area contributed by atoms with Crippen LogP contribution in [-0.2, 0) is 19.1 Å². The van der Waals surface area contributed by atoms with Gasteiger partial charge in [-0.1, -0.05) is 62.2 Å². The number of carbonyl (C=O) groups excluding carboxylic acids is 2. The molecule has 2 aliphatic rings. The molecule has 32 heavy (non-hydrogen) atoms. The van der Waals surface area contributed by atoms with Gasteiger partial charge in [0, 0.05) is 18.5 Å². The quantitative estimate of drug-likeness (QED) is 0.247. The van der Waals surface area contributed by atoms with Crippen molar-refractivity contribution in [1.29, 1.82) is 0 Å². The van der Waals surface area contributed by atoms with Crippen LogP contribution in [0, 0.1) is 0 Å². The maximum absolute atomic E-state index is 13.1. The van der Waals surface area contributed by atoms with Crippen LogP contribution in [0.1, 0.15) is 82.6 Å². The first-order valence-corrected chi connectivity index (χ1v) is 12.4. The van der Waals surface area contributed by atoms with E-state index in [1.54, 1.807) is 0 Å². The number of hydrogen-bond acceptors (Lipinski definition) is 5. The first kappa shape index (κ1) is 24.5. The second-order valence-corrected chi connectivity index (χ2v) is 9.23. The van der Waals surface area contributed by atoms with Gasteiger partial charge in [-0.2, -0.15) is 0 Å². The second-order valence-electron chi connectivity index (χ2n) is 9.23. The summed E-state index contributed by atoms with van der Waals surface area (Å²) in [5.74, 6) is -1.11. The van der Waals surface area contributed by atoms with Gasteiger partial charge in [0.1, 0.15) is 18.6 Å². The van der Waals surface area contributed by atoms with Crippen molar-refractivity contribution in [2.75, 3.05) is 13.7 Å². The van der Waals surface area contributed by atoms with E-state index in [1.165, 1.54) is 25.7 Å². The lowest BCUT2D eigenvalue weighted by Gasteiger charge is -2.36. The molecule has 176 valence electrons. The molecule has 0 spiro atoms. The normalized spacial score (nSPS) is 23.9. The molecule has 5 heteroatoms. The molecule has 5 nitrogen and oxygen atoms in total. The Morgan fingerprint density at radius 1 is 1.06 bits per heavy atom. The van der Waals surface area contributed by atoms with Gasteiger partial charge in [-0.3, -0.25) is 9.59 Å². The molecule has 1 aromatic rings. The molecule has 0 amide bonds. The number of carbonyl (C=O) groups is 2. The van der Waals surface area contributed by atoms with Gasteiger partial charge in [-0.15, -0.1) is 0 Å². The van der Waals surface area contributed by atoms with Crippen molar-refractivity contribution in [3.8, 4) is 0 Å². The Morgan fingerprint density at radius 2 is 1.72 bits per heavy atom. The zero-order valence-corrected chi connectivity index (χ0v) is 19.7. The molecule has 4 atom stereocenters. The summed E-state index contributed by atoms with van der Waals surface area (Å²) in [6.45, 7) is 2.22. The van der Waals surface area contributed by atoms with Gasteiger partial charge in [0.15, 0.2) is 0 Å². The average Bonchev–Trinajstić information content (AvgIpc) is 2.99. The molecule has 3 rings (SSSR count). The summed E-state index contributed by atoms with van der Waals surface area (Å²) in [4.78, 5) is 27.8. The molecule has 0 radical (unpaired) electrons. The third-order valence-corrected chi connectivity index (χ3v) is 6.88. The van der Waals surface area contributed by atoms with Crippen molar-refractivity contribution in [2.45, 2.75) is 95.2 Å². The number of unbranched alkanes of at least 4 members (excludes halogenated alkanes) is 3. The summed E-state index contributed by atoms with van der Waals surface area (Å²) < 4.78 is 11.5. The number of benzene rings is 1. The smallest absolute Gasteiger partial charge is 0.317 e. The Balaban J connectivity index is 1.48. The third kappa shape index (κ3) is 7.19. The molecule has 1 unspecified atom stereocenters. The SMILES string of the molecule is CCCC/C=C\CCCC(=O)OCC(C(=O)O[C@H]1C[C@H]2CC[C@@H](C1)N2C)c1ccccc1. The Bertz CT molecular complexity index is 733. The first-order valence-electron chi connectivity index (χ1n) is 12.4. The first-order chi connectivity index (χ1) is 15.6. The number of fused-ring (bicyclic) bond motifs is 2. The summed E-state index contributed by atoms with van der Waals surface area (Å²) in [5, 5.41) is 0. The molecule has 2 saturated heterocycles. The van der Waals surface area contributed by atoms with Crippen molar-refractivity contribution in [2.24, 2.45) is 0 Å². The van der Waals surface area contributed by atoms with E-state index in [9.17, 15) is 9.59 Å². The Labute approximate surface area is 193 Å². The summed E-state index contributed by atoms with van der Waals surface area (Å²) in [6, 6.07) is 10.5. The largest absolute Gasteiger partial charge is 0.464 e. The van der Waals surface area contributed by atoms with E-state index in [0.29, 0.717) is 18.5 Å². The maximum Gasteiger partial charge on any atom is 0.317 e. The van der Waals surface area contributed by atoms with E-state index in [2.05, 4.69) is 31.0 Å². The van der Waals surface area contributed by atoms with E-state index in [4.69, 9.17) is 9.47 Å². The lowest BCUT2D eigenvalue weighted by Crippen LogP contribution is -2.44. The van der Waals surface area contributed by atoms with Crippen LogP contribution in [0.3, 0.4) is 0 Å². The second kappa shape index (κ2) is 12.8. The number of piperidine rings is 1. The molecule has 2 bridgehead atoms. The predicted octanol–water partition coefficient (Wildman–Crippen LogP) is 5.40. The summed E-state index contributed by atoms with van der Waals surface area (Å²) in [7, 11) is 2.17. The number of ether oxygens (including phenoxy) is 2. The number of nitrogens with zero attached hydrogens (tertiary/aromatic N) is 1. The topological polar surface area (TPSA) is 55.8 Å². The highest BCUT2D eigenvalue weighted by atomic mass is 16.6. The highest BCUT2D eigenvalue weighted by molar-refractivity contribution is 5.79. The van der Waals surface area contributed by atoms with Crippen molar-refractivity contribution < 1.29 is 19.1 Å². The van der Waals surface area contributed by atoms with Gasteiger partial charge >= 0.3 is 11.9 Å². The van der Waals surface area contributed by atoms with Gasteiger partial charge in [0.05, 0.1) is 0 Å². The molecule has 0 aliphatic carbocycles. The van der Waals surface area contributed by atoms with Gasteiger partial charge in [-0.05, 0) is 57.6 Å². The highest BCUT2D eigenvalue weighted by Crippen LogP contribution is 2.36. The van der Waals surface area contributed by atoms with E-state index in [0.717, 1.165) is 37.7 Å². The Hall–Kier alpha value is -2.14. The fourth-order valence-electron chi connectivity index (χ4n) is 4.86. The van der Waals surface area contributed by atoms with Crippen LogP contribution in [0.4, 0.5) is 0 Å². The molecular formula is C27H39NO4. The van der Waals surface area contributed by atoms with Gasteiger partial charge in [-0.25, -0.2) is 0 Å². The molecule has 2 heterocycles. The monoisotopic (exact) mass is 441 g/mol. The minimum absolute atomic E-state index is 0.0352. The highest BCUT2D eigenvalue weighted by Gasteiger charge is 2.40. The minimum Gasteiger partial charge on any atom is -0.464 e.